The van der Waals surface area contributed by atoms with Gasteiger partial charge in [-0.2, -0.15) is 0 Å². The number of carboxylic acid groups (broad SMARTS) is 1. The van der Waals surface area contributed by atoms with Crippen molar-refractivity contribution in [1.82, 2.24) is 15.6 Å². The number of carbonyl (C=O) groups excluding carboxylic acids is 2. The third-order valence-electron chi connectivity index (χ3n) is 2.48. The fraction of sp³-hybridized carbons (Fsp3) is 0.500. The summed E-state index contributed by atoms with van der Waals surface area (Å²) in [6.07, 6.45) is 1.52. The van der Waals surface area contributed by atoms with Crippen molar-refractivity contribution in [2.24, 2.45) is 5.92 Å². The van der Waals surface area contributed by atoms with Crippen molar-refractivity contribution in [1.29, 1.82) is 0 Å². The second-order valence-electron chi connectivity index (χ2n) is 4.52. The molecule has 20 heavy (non-hydrogen) atoms. The van der Waals surface area contributed by atoms with Crippen molar-refractivity contribution in [2.75, 3.05) is 0 Å². The van der Waals surface area contributed by atoms with Gasteiger partial charge in [0.2, 0.25) is 5.91 Å². The molecule has 0 aliphatic heterocycles. The molecule has 8 heteroatoms. The number of urea groups is 1. The molecule has 1 rings (SSSR count). The Labute approximate surface area is 120 Å². The molecule has 0 aliphatic carbocycles. The Balaban J connectivity index is 2.34. The van der Waals surface area contributed by atoms with Gasteiger partial charge in [0.15, 0.2) is 0 Å². The van der Waals surface area contributed by atoms with E-state index in [1.54, 1.807) is 25.4 Å². The fourth-order valence-corrected chi connectivity index (χ4v) is 2.25. The Morgan fingerprint density at radius 3 is 2.60 bits per heavy atom. The highest BCUT2D eigenvalue weighted by Gasteiger charge is 2.16. The SMILES string of the molecule is CC(CC(=O)O)CC(=O)NC(=O)NC(C)c1nccs1. The van der Waals surface area contributed by atoms with Crippen molar-refractivity contribution in [2.45, 2.75) is 32.7 Å². The number of aromatic nitrogens is 1. The molecule has 0 saturated carbocycles. The van der Waals surface area contributed by atoms with Crippen molar-refractivity contribution < 1.29 is 19.5 Å². The molecule has 0 fully saturated rings. The molecule has 0 saturated heterocycles. The lowest BCUT2D eigenvalue weighted by atomic mass is 10.0. The molecule has 1 aromatic heterocycles. The van der Waals surface area contributed by atoms with Crippen LogP contribution in [-0.2, 0) is 9.59 Å². The van der Waals surface area contributed by atoms with E-state index in [4.69, 9.17) is 5.11 Å². The summed E-state index contributed by atoms with van der Waals surface area (Å²) < 4.78 is 0. The summed E-state index contributed by atoms with van der Waals surface area (Å²) in [7, 11) is 0. The topological polar surface area (TPSA) is 108 Å². The van der Waals surface area contributed by atoms with Crippen LogP contribution in [-0.4, -0.2) is 28.0 Å². The molecule has 3 amide bonds. The van der Waals surface area contributed by atoms with Gasteiger partial charge >= 0.3 is 12.0 Å². The lowest BCUT2D eigenvalue weighted by Gasteiger charge is -2.13. The van der Waals surface area contributed by atoms with E-state index >= 15 is 0 Å². The predicted molar refractivity (Wildman–Crippen MR) is 73.2 cm³/mol. The number of amides is 3. The van der Waals surface area contributed by atoms with E-state index in [9.17, 15) is 14.4 Å². The highest BCUT2D eigenvalue weighted by molar-refractivity contribution is 7.09. The van der Waals surface area contributed by atoms with Gasteiger partial charge in [0.25, 0.3) is 0 Å². The molecule has 1 heterocycles. The van der Waals surface area contributed by atoms with Crippen LogP contribution in [0.4, 0.5) is 4.79 Å². The number of nitrogens with zero attached hydrogens (tertiary/aromatic N) is 1. The molecule has 0 aliphatic rings. The molecule has 3 N–H and O–H groups in total. The summed E-state index contributed by atoms with van der Waals surface area (Å²) in [6, 6.07) is -0.903. The number of imide groups is 1. The molecule has 0 radical (unpaired) electrons. The zero-order valence-electron chi connectivity index (χ0n) is 11.3. The smallest absolute Gasteiger partial charge is 0.321 e. The third-order valence-corrected chi connectivity index (χ3v) is 3.44. The van der Waals surface area contributed by atoms with E-state index in [0.29, 0.717) is 0 Å². The highest BCUT2D eigenvalue weighted by Crippen LogP contribution is 2.14. The zero-order chi connectivity index (χ0) is 15.1. The summed E-state index contributed by atoms with van der Waals surface area (Å²) in [6.45, 7) is 3.40. The lowest BCUT2D eigenvalue weighted by Crippen LogP contribution is -2.41. The average molecular weight is 299 g/mol. The summed E-state index contributed by atoms with van der Waals surface area (Å²) in [5.41, 5.74) is 0. The Morgan fingerprint density at radius 1 is 1.35 bits per heavy atom. The normalized spacial score (nSPS) is 13.3. The quantitative estimate of drug-likeness (QED) is 0.738. The second-order valence-corrected chi connectivity index (χ2v) is 5.45. The summed E-state index contributed by atoms with van der Waals surface area (Å²) in [5, 5.41) is 15.9. The molecule has 2 unspecified atom stereocenters. The first-order valence-electron chi connectivity index (χ1n) is 6.10. The van der Waals surface area contributed by atoms with Gasteiger partial charge in [-0.1, -0.05) is 6.92 Å². The van der Waals surface area contributed by atoms with Crippen LogP contribution in [0.5, 0.6) is 0 Å². The lowest BCUT2D eigenvalue weighted by molar-refractivity contribution is -0.138. The minimum absolute atomic E-state index is 0.00858. The van der Waals surface area contributed by atoms with Crippen LogP contribution >= 0.6 is 11.3 Å². The first kappa shape index (κ1) is 16.1. The molecule has 0 spiro atoms. The van der Waals surface area contributed by atoms with E-state index < -0.39 is 17.9 Å². The number of thiazole rings is 1. The van der Waals surface area contributed by atoms with Crippen LogP contribution in [0.3, 0.4) is 0 Å². The summed E-state index contributed by atoms with van der Waals surface area (Å²) in [5.74, 6) is -1.79. The predicted octanol–water partition coefficient (Wildman–Crippen LogP) is 1.53. The minimum Gasteiger partial charge on any atom is -0.481 e. The number of hydrogen-bond donors (Lipinski definition) is 3. The van der Waals surface area contributed by atoms with Gasteiger partial charge in [0.05, 0.1) is 6.04 Å². The van der Waals surface area contributed by atoms with Gasteiger partial charge in [-0.05, 0) is 12.8 Å². The van der Waals surface area contributed by atoms with Gasteiger partial charge in [-0.25, -0.2) is 9.78 Å². The van der Waals surface area contributed by atoms with Gasteiger partial charge in [-0.15, -0.1) is 11.3 Å². The summed E-state index contributed by atoms with van der Waals surface area (Å²) in [4.78, 5) is 37.6. The molecule has 7 nitrogen and oxygen atoms in total. The number of hydrogen-bond acceptors (Lipinski definition) is 5. The first-order chi connectivity index (χ1) is 9.38. The maximum absolute atomic E-state index is 11.6. The molecule has 0 aromatic carbocycles. The molecule has 2 atom stereocenters. The van der Waals surface area contributed by atoms with Crippen molar-refractivity contribution in [3.8, 4) is 0 Å². The van der Waals surface area contributed by atoms with E-state index in [2.05, 4.69) is 15.6 Å². The summed E-state index contributed by atoms with van der Waals surface area (Å²) >= 11 is 1.41. The van der Waals surface area contributed by atoms with Crippen LogP contribution < -0.4 is 10.6 Å². The maximum Gasteiger partial charge on any atom is 0.321 e. The Bertz CT molecular complexity index is 475. The first-order valence-corrected chi connectivity index (χ1v) is 6.98. The van der Waals surface area contributed by atoms with Gasteiger partial charge in [0, 0.05) is 24.4 Å². The average Bonchev–Trinajstić information content (AvgIpc) is 2.79. The van der Waals surface area contributed by atoms with E-state index in [1.165, 1.54) is 11.3 Å². The monoisotopic (exact) mass is 299 g/mol. The van der Waals surface area contributed by atoms with Crippen molar-refractivity contribution >= 4 is 29.2 Å². The number of rotatable bonds is 6. The Morgan fingerprint density at radius 2 is 2.05 bits per heavy atom. The van der Waals surface area contributed by atoms with Gasteiger partial charge in [-0.3, -0.25) is 14.9 Å². The van der Waals surface area contributed by atoms with Crippen molar-refractivity contribution in [3.63, 3.8) is 0 Å². The largest absolute Gasteiger partial charge is 0.481 e. The zero-order valence-corrected chi connectivity index (χ0v) is 12.1. The Kier molecular flexibility index (Phi) is 6.10. The fourth-order valence-electron chi connectivity index (χ4n) is 1.61. The van der Waals surface area contributed by atoms with Crippen LogP contribution in [0, 0.1) is 5.92 Å². The van der Waals surface area contributed by atoms with E-state index in [1.807, 2.05) is 0 Å². The van der Waals surface area contributed by atoms with Crippen LogP contribution in [0.2, 0.25) is 0 Å². The van der Waals surface area contributed by atoms with Crippen LogP contribution in [0.25, 0.3) is 0 Å². The highest BCUT2D eigenvalue weighted by atomic mass is 32.1. The van der Waals surface area contributed by atoms with Crippen LogP contribution in [0.15, 0.2) is 11.6 Å². The molecule has 0 bridgehead atoms. The standard InChI is InChI=1S/C12H17N3O4S/c1-7(6-10(17)18)5-9(16)15-12(19)14-8(2)11-13-3-4-20-11/h3-4,7-8H,5-6H2,1-2H3,(H,17,18)(H2,14,15,16,19). The number of carbonyl (C=O) groups is 3. The number of carboxylic acids is 1. The van der Waals surface area contributed by atoms with Crippen molar-refractivity contribution in [3.05, 3.63) is 16.6 Å². The van der Waals surface area contributed by atoms with E-state index in [-0.39, 0.29) is 24.8 Å². The third kappa shape index (κ3) is 5.79. The molecular formula is C12H17N3O4S. The van der Waals surface area contributed by atoms with E-state index in [0.717, 1.165) is 5.01 Å². The molecular weight excluding hydrogens is 282 g/mol. The number of nitrogens with one attached hydrogen (secondary N) is 2. The van der Waals surface area contributed by atoms with Gasteiger partial charge < -0.3 is 10.4 Å². The maximum atomic E-state index is 11.6. The molecule has 1 aromatic rings. The Hall–Kier alpha value is -1.96. The van der Waals surface area contributed by atoms with Gasteiger partial charge in [0.1, 0.15) is 5.01 Å². The number of aliphatic carboxylic acids is 1. The second kappa shape index (κ2) is 7.59. The molecule has 110 valence electrons. The van der Waals surface area contributed by atoms with Crippen LogP contribution in [0.1, 0.15) is 37.7 Å². The minimum atomic E-state index is -0.966.